The van der Waals surface area contributed by atoms with Crippen LogP contribution in [0.3, 0.4) is 0 Å². The molecule has 3 nitrogen and oxygen atoms in total. The Labute approximate surface area is 102 Å². The summed E-state index contributed by atoms with van der Waals surface area (Å²) in [5.74, 6) is 2.59. The zero-order valence-corrected chi connectivity index (χ0v) is 10.2. The predicted molar refractivity (Wildman–Crippen MR) is 66.6 cm³/mol. The number of hydrogen-bond acceptors (Lipinski definition) is 3. The minimum atomic E-state index is 0.465. The third kappa shape index (κ3) is 2.25. The van der Waals surface area contributed by atoms with Crippen LogP contribution in [0.4, 0.5) is 0 Å². The highest BCUT2D eigenvalue weighted by Gasteiger charge is 2.31. The Morgan fingerprint density at radius 2 is 1.94 bits per heavy atom. The van der Waals surface area contributed by atoms with Gasteiger partial charge >= 0.3 is 0 Å². The quantitative estimate of drug-likeness (QED) is 0.870. The lowest BCUT2D eigenvalue weighted by molar-refractivity contribution is 0.297. The number of fused-ring (bicyclic) bond motifs is 1. The molecule has 1 aliphatic heterocycles. The Balaban J connectivity index is 1.88. The SMILES string of the molecule is CNC(c1ccc2c(c1)OCCCO2)C1CC1. The van der Waals surface area contributed by atoms with Crippen molar-refractivity contribution in [2.45, 2.75) is 25.3 Å². The van der Waals surface area contributed by atoms with Crippen LogP contribution in [0.5, 0.6) is 11.5 Å². The van der Waals surface area contributed by atoms with Gasteiger partial charge in [-0.2, -0.15) is 0 Å². The normalized spacial score (nSPS) is 20.8. The predicted octanol–water partition coefficient (Wildman–Crippen LogP) is 2.52. The number of hydrogen-bond donors (Lipinski definition) is 1. The number of nitrogens with one attached hydrogen (secondary N) is 1. The topological polar surface area (TPSA) is 30.5 Å². The second kappa shape index (κ2) is 4.57. The van der Waals surface area contributed by atoms with E-state index in [2.05, 4.69) is 17.4 Å². The minimum absolute atomic E-state index is 0.465. The van der Waals surface area contributed by atoms with E-state index in [4.69, 9.17) is 9.47 Å². The lowest BCUT2D eigenvalue weighted by Gasteiger charge is -2.17. The molecule has 17 heavy (non-hydrogen) atoms. The van der Waals surface area contributed by atoms with Crippen LogP contribution in [-0.2, 0) is 0 Å². The molecular formula is C14H19NO2. The fourth-order valence-electron chi connectivity index (χ4n) is 2.48. The van der Waals surface area contributed by atoms with E-state index >= 15 is 0 Å². The molecule has 1 aromatic rings. The summed E-state index contributed by atoms with van der Waals surface area (Å²) in [4.78, 5) is 0. The minimum Gasteiger partial charge on any atom is -0.490 e. The smallest absolute Gasteiger partial charge is 0.161 e. The fourth-order valence-corrected chi connectivity index (χ4v) is 2.48. The maximum absolute atomic E-state index is 5.73. The van der Waals surface area contributed by atoms with Crippen molar-refractivity contribution >= 4 is 0 Å². The van der Waals surface area contributed by atoms with Gasteiger partial charge in [-0.25, -0.2) is 0 Å². The second-order valence-electron chi connectivity index (χ2n) is 4.86. The van der Waals surface area contributed by atoms with Crippen molar-refractivity contribution in [1.29, 1.82) is 0 Å². The van der Waals surface area contributed by atoms with Crippen LogP contribution in [0, 0.1) is 5.92 Å². The Morgan fingerprint density at radius 3 is 2.65 bits per heavy atom. The maximum atomic E-state index is 5.73. The third-order valence-corrected chi connectivity index (χ3v) is 3.54. The zero-order valence-electron chi connectivity index (χ0n) is 10.2. The molecule has 1 saturated carbocycles. The van der Waals surface area contributed by atoms with E-state index in [0.29, 0.717) is 6.04 Å². The van der Waals surface area contributed by atoms with Crippen LogP contribution >= 0.6 is 0 Å². The van der Waals surface area contributed by atoms with E-state index in [1.807, 2.05) is 13.1 Å². The van der Waals surface area contributed by atoms with Crippen molar-refractivity contribution in [1.82, 2.24) is 5.32 Å². The Hall–Kier alpha value is -1.22. The fraction of sp³-hybridized carbons (Fsp3) is 0.571. The highest BCUT2D eigenvalue weighted by Crippen LogP contribution is 2.42. The summed E-state index contributed by atoms with van der Waals surface area (Å²) in [6.07, 6.45) is 3.63. The summed E-state index contributed by atoms with van der Waals surface area (Å²) >= 11 is 0. The molecule has 1 atom stereocenters. The maximum Gasteiger partial charge on any atom is 0.161 e. The highest BCUT2D eigenvalue weighted by atomic mass is 16.5. The van der Waals surface area contributed by atoms with E-state index in [1.165, 1.54) is 18.4 Å². The summed E-state index contributed by atoms with van der Waals surface area (Å²) in [6.45, 7) is 1.51. The first kappa shape index (κ1) is 10.9. The molecule has 0 radical (unpaired) electrons. The van der Waals surface area contributed by atoms with Crippen LogP contribution < -0.4 is 14.8 Å². The van der Waals surface area contributed by atoms with E-state index in [0.717, 1.165) is 37.1 Å². The Morgan fingerprint density at radius 1 is 1.18 bits per heavy atom. The lowest BCUT2D eigenvalue weighted by atomic mass is 10.0. The van der Waals surface area contributed by atoms with Crippen molar-refractivity contribution in [2.24, 2.45) is 5.92 Å². The molecule has 1 aromatic carbocycles. The number of ether oxygens (including phenoxy) is 2. The first-order valence-electron chi connectivity index (χ1n) is 6.45. The standard InChI is InChI=1S/C14H19NO2/c1-15-14(10-3-4-10)11-5-6-12-13(9-11)17-8-2-7-16-12/h5-6,9-10,14-15H,2-4,7-8H2,1H3. The molecule has 0 aromatic heterocycles. The van der Waals surface area contributed by atoms with E-state index in [9.17, 15) is 0 Å². The lowest BCUT2D eigenvalue weighted by Crippen LogP contribution is -2.18. The van der Waals surface area contributed by atoms with Crippen LogP contribution in [-0.4, -0.2) is 20.3 Å². The van der Waals surface area contributed by atoms with Crippen LogP contribution in [0.2, 0.25) is 0 Å². The third-order valence-electron chi connectivity index (χ3n) is 3.54. The van der Waals surface area contributed by atoms with Gasteiger partial charge in [0.15, 0.2) is 11.5 Å². The van der Waals surface area contributed by atoms with Crippen molar-refractivity contribution in [2.75, 3.05) is 20.3 Å². The molecule has 3 rings (SSSR count). The molecule has 3 heteroatoms. The van der Waals surface area contributed by atoms with E-state index in [1.54, 1.807) is 0 Å². The van der Waals surface area contributed by atoms with Gasteiger partial charge in [-0.05, 0) is 43.5 Å². The molecular weight excluding hydrogens is 214 g/mol. The van der Waals surface area contributed by atoms with Gasteiger partial charge in [0.05, 0.1) is 13.2 Å². The second-order valence-corrected chi connectivity index (χ2v) is 4.86. The van der Waals surface area contributed by atoms with Gasteiger partial charge in [0.1, 0.15) is 0 Å². The van der Waals surface area contributed by atoms with Gasteiger partial charge in [0, 0.05) is 12.5 Å². The van der Waals surface area contributed by atoms with Crippen LogP contribution in [0.15, 0.2) is 18.2 Å². The largest absolute Gasteiger partial charge is 0.490 e. The number of benzene rings is 1. The summed E-state index contributed by atoms with van der Waals surface area (Å²) < 4.78 is 11.4. The van der Waals surface area contributed by atoms with Crippen molar-refractivity contribution in [3.05, 3.63) is 23.8 Å². The monoisotopic (exact) mass is 233 g/mol. The van der Waals surface area contributed by atoms with Crippen molar-refractivity contribution in [3.63, 3.8) is 0 Å². The molecule has 0 bridgehead atoms. The van der Waals surface area contributed by atoms with Crippen molar-refractivity contribution < 1.29 is 9.47 Å². The molecule has 2 aliphatic rings. The van der Waals surface area contributed by atoms with E-state index in [-0.39, 0.29) is 0 Å². The molecule has 0 saturated heterocycles. The summed E-state index contributed by atoms with van der Waals surface area (Å²) in [5.41, 5.74) is 1.32. The molecule has 92 valence electrons. The first-order valence-corrected chi connectivity index (χ1v) is 6.45. The average Bonchev–Trinajstić information content (AvgIpc) is 3.15. The van der Waals surface area contributed by atoms with Crippen LogP contribution in [0.1, 0.15) is 30.9 Å². The molecule has 1 fully saturated rings. The molecule has 1 aliphatic carbocycles. The van der Waals surface area contributed by atoms with Gasteiger partial charge in [0.25, 0.3) is 0 Å². The summed E-state index contributed by atoms with van der Waals surface area (Å²) in [7, 11) is 2.03. The van der Waals surface area contributed by atoms with E-state index < -0.39 is 0 Å². The molecule has 1 heterocycles. The van der Waals surface area contributed by atoms with Gasteiger partial charge in [-0.1, -0.05) is 6.07 Å². The molecule has 1 unspecified atom stereocenters. The van der Waals surface area contributed by atoms with Gasteiger partial charge in [0.2, 0.25) is 0 Å². The molecule has 1 N–H and O–H groups in total. The van der Waals surface area contributed by atoms with Gasteiger partial charge < -0.3 is 14.8 Å². The van der Waals surface area contributed by atoms with Crippen molar-refractivity contribution in [3.8, 4) is 11.5 Å². The average molecular weight is 233 g/mol. The van der Waals surface area contributed by atoms with Gasteiger partial charge in [-0.3, -0.25) is 0 Å². The summed E-state index contributed by atoms with van der Waals surface area (Å²) in [6, 6.07) is 6.81. The Kier molecular flexibility index (Phi) is 2.93. The Bertz CT molecular complexity index is 401. The summed E-state index contributed by atoms with van der Waals surface area (Å²) in [5, 5.41) is 3.41. The number of rotatable bonds is 3. The van der Waals surface area contributed by atoms with Crippen LogP contribution in [0.25, 0.3) is 0 Å². The van der Waals surface area contributed by atoms with Gasteiger partial charge in [-0.15, -0.1) is 0 Å². The first-order chi connectivity index (χ1) is 8.38. The zero-order chi connectivity index (χ0) is 11.7. The molecule has 0 spiro atoms. The molecule has 0 amide bonds. The highest BCUT2D eigenvalue weighted by molar-refractivity contribution is 5.44.